The number of hydrogen-bond acceptors (Lipinski definition) is 0. The van der Waals surface area contributed by atoms with Crippen molar-refractivity contribution < 1.29 is 0 Å². The predicted molar refractivity (Wildman–Crippen MR) is 104 cm³/mol. The third-order valence-corrected chi connectivity index (χ3v) is 8.43. The molecule has 0 N–H and O–H groups in total. The predicted octanol–water partition coefficient (Wildman–Crippen LogP) is 7.01. The molecule has 0 saturated carbocycles. The summed E-state index contributed by atoms with van der Waals surface area (Å²) in [5, 5.41) is 0. The van der Waals surface area contributed by atoms with Gasteiger partial charge in [0.05, 0.1) is 0 Å². The van der Waals surface area contributed by atoms with Gasteiger partial charge in [-0.2, -0.15) is 0 Å². The van der Waals surface area contributed by atoms with Gasteiger partial charge in [-0.05, 0) is 72.8 Å². The van der Waals surface area contributed by atoms with Gasteiger partial charge >= 0.3 is 0 Å². The van der Waals surface area contributed by atoms with Crippen LogP contribution in [0.25, 0.3) is 0 Å². The van der Waals surface area contributed by atoms with Crippen LogP contribution in [0.4, 0.5) is 0 Å². The molecule has 0 nitrogen and oxygen atoms in total. The van der Waals surface area contributed by atoms with Crippen LogP contribution in [-0.2, 0) is 0 Å². The van der Waals surface area contributed by atoms with E-state index < -0.39 is 0 Å². The Morgan fingerprint density at radius 1 is 1.21 bits per heavy atom. The fraction of sp³-hybridized carbons (Fsp3) is 0.667. The third kappa shape index (κ3) is 1.92. The molecule has 0 aromatic heterocycles. The summed E-state index contributed by atoms with van der Waals surface area (Å²) in [7, 11) is 0. The van der Waals surface area contributed by atoms with Crippen LogP contribution in [0.3, 0.4) is 0 Å². The van der Waals surface area contributed by atoms with Gasteiger partial charge in [-0.15, -0.1) is 0 Å². The summed E-state index contributed by atoms with van der Waals surface area (Å²) in [4.78, 5) is 0. The molecule has 5 unspecified atom stereocenters. The lowest BCUT2D eigenvalue weighted by molar-refractivity contribution is 0.179. The zero-order chi connectivity index (χ0) is 17.3. The lowest BCUT2D eigenvalue weighted by Crippen LogP contribution is -2.46. The number of fused-ring (bicyclic) bond motifs is 4. The molecule has 0 spiro atoms. The zero-order valence-corrected chi connectivity index (χ0v) is 16.3. The van der Waals surface area contributed by atoms with Gasteiger partial charge in [-0.3, -0.25) is 0 Å². The molecule has 0 saturated heterocycles. The van der Waals surface area contributed by atoms with Gasteiger partial charge < -0.3 is 0 Å². The van der Waals surface area contributed by atoms with E-state index in [0.29, 0.717) is 5.92 Å². The van der Waals surface area contributed by atoms with Crippen LogP contribution >= 0.6 is 0 Å². The first-order valence-electron chi connectivity index (χ1n) is 10.2. The van der Waals surface area contributed by atoms with Crippen molar-refractivity contribution in [2.45, 2.75) is 73.1 Å². The fourth-order valence-electron chi connectivity index (χ4n) is 6.52. The molecule has 0 heterocycles. The van der Waals surface area contributed by atoms with E-state index >= 15 is 0 Å². The lowest BCUT2D eigenvalue weighted by Gasteiger charge is -2.57. The molecule has 0 amide bonds. The van der Waals surface area contributed by atoms with Crippen LogP contribution in [0, 0.1) is 28.6 Å². The number of allylic oxidation sites excluding steroid dienone is 7. The van der Waals surface area contributed by atoms with E-state index in [9.17, 15) is 0 Å². The summed E-state index contributed by atoms with van der Waals surface area (Å²) in [5.41, 5.74) is 8.95. The topological polar surface area (TPSA) is 0 Å². The van der Waals surface area contributed by atoms with Gasteiger partial charge in [0.1, 0.15) is 0 Å². The summed E-state index contributed by atoms with van der Waals surface area (Å²) < 4.78 is 0. The highest BCUT2D eigenvalue weighted by atomic mass is 14.6. The van der Waals surface area contributed by atoms with Crippen LogP contribution < -0.4 is 0 Å². The van der Waals surface area contributed by atoms with E-state index in [4.69, 9.17) is 0 Å². The van der Waals surface area contributed by atoms with Crippen molar-refractivity contribution in [2.75, 3.05) is 0 Å². The fourth-order valence-corrected chi connectivity index (χ4v) is 6.52. The highest BCUT2D eigenvalue weighted by molar-refractivity contribution is 5.56. The van der Waals surface area contributed by atoms with E-state index in [2.05, 4.69) is 53.3 Å². The van der Waals surface area contributed by atoms with Gasteiger partial charge in [0.2, 0.25) is 0 Å². The van der Waals surface area contributed by atoms with Crippen molar-refractivity contribution in [2.24, 2.45) is 28.6 Å². The molecule has 0 aliphatic heterocycles. The highest BCUT2D eigenvalue weighted by Gasteiger charge is 2.54. The average molecular weight is 323 g/mol. The van der Waals surface area contributed by atoms with E-state index in [0.717, 1.165) is 11.8 Å². The SMILES string of the molecule is C=C1C=C2C(C)(CC1)C1=C(C3=CCC(C)C3CC1)C(C)C2(C)CC. The molecule has 0 bridgehead atoms. The molecule has 0 aromatic rings. The van der Waals surface area contributed by atoms with Gasteiger partial charge in [0.25, 0.3) is 0 Å². The van der Waals surface area contributed by atoms with E-state index in [1.165, 1.54) is 44.1 Å². The monoisotopic (exact) mass is 322 g/mol. The van der Waals surface area contributed by atoms with Crippen molar-refractivity contribution in [3.05, 3.63) is 46.6 Å². The van der Waals surface area contributed by atoms with Gasteiger partial charge in [-0.25, -0.2) is 0 Å². The van der Waals surface area contributed by atoms with Gasteiger partial charge in [0, 0.05) is 5.41 Å². The van der Waals surface area contributed by atoms with Gasteiger partial charge in [0.15, 0.2) is 0 Å². The van der Waals surface area contributed by atoms with Crippen LogP contribution in [0.15, 0.2) is 46.6 Å². The molecule has 5 atom stereocenters. The third-order valence-electron chi connectivity index (χ3n) is 8.43. The lowest BCUT2D eigenvalue weighted by atomic mass is 9.47. The number of hydrogen-bond donors (Lipinski definition) is 0. The average Bonchev–Trinajstić information content (AvgIpc) is 2.95. The summed E-state index contributed by atoms with van der Waals surface area (Å²) in [5.74, 6) is 2.33. The first-order valence-corrected chi connectivity index (χ1v) is 10.2. The van der Waals surface area contributed by atoms with Crippen LogP contribution in [0.5, 0.6) is 0 Å². The normalized spacial score (nSPS) is 44.5. The highest BCUT2D eigenvalue weighted by Crippen LogP contribution is 2.66. The Morgan fingerprint density at radius 3 is 2.67 bits per heavy atom. The molecule has 0 heteroatoms. The van der Waals surface area contributed by atoms with Crippen LogP contribution in [0.1, 0.15) is 73.1 Å². The molecule has 0 radical (unpaired) electrons. The summed E-state index contributed by atoms with van der Waals surface area (Å²) in [6, 6.07) is 0. The summed E-state index contributed by atoms with van der Waals surface area (Å²) in [6.07, 6.45) is 12.8. The largest absolute Gasteiger partial charge is 0.0958 e. The second-order valence-electron chi connectivity index (χ2n) is 9.45. The smallest absolute Gasteiger partial charge is 0.0110 e. The Bertz CT molecular complexity index is 685. The van der Waals surface area contributed by atoms with E-state index in [1.807, 2.05) is 0 Å². The minimum Gasteiger partial charge on any atom is -0.0958 e. The second-order valence-corrected chi connectivity index (χ2v) is 9.45. The van der Waals surface area contributed by atoms with E-state index in [-0.39, 0.29) is 10.8 Å². The Labute approximate surface area is 148 Å². The molecular formula is C24H34. The van der Waals surface area contributed by atoms with Crippen LogP contribution in [-0.4, -0.2) is 0 Å². The molecular weight excluding hydrogens is 288 g/mol. The van der Waals surface area contributed by atoms with E-state index in [1.54, 1.807) is 22.3 Å². The minimum atomic E-state index is 0.283. The quantitative estimate of drug-likeness (QED) is 0.487. The molecule has 4 aliphatic carbocycles. The Kier molecular flexibility index (Phi) is 3.58. The molecule has 0 fully saturated rings. The first kappa shape index (κ1) is 16.4. The van der Waals surface area contributed by atoms with Gasteiger partial charge in [-0.1, -0.05) is 70.1 Å². The summed E-state index contributed by atoms with van der Waals surface area (Å²) >= 11 is 0. The minimum absolute atomic E-state index is 0.283. The van der Waals surface area contributed by atoms with Crippen molar-refractivity contribution in [3.63, 3.8) is 0 Å². The zero-order valence-electron chi connectivity index (χ0n) is 16.3. The maximum Gasteiger partial charge on any atom is 0.0110 e. The Balaban J connectivity index is 1.96. The van der Waals surface area contributed by atoms with Crippen molar-refractivity contribution in [1.29, 1.82) is 0 Å². The maximum atomic E-state index is 4.32. The molecule has 4 rings (SSSR count). The first-order chi connectivity index (χ1) is 11.3. The standard InChI is InChI=1S/C24H34/c1-7-23(5)17(4)22-19-9-8-16(3)18(19)10-11-20(22)24(6)13-12-15(2)14-21(23)24/h9,14,16-18H,2,7-8,10-13H2,1,3-6H3. The molecule has 130 valence electrons. The van der Waals surface area contributed by atoms with Crippen molar-refractivity contribution in [3.8, 4) is 0 Å². The summed E-state index contributed by atoms with van der Waals surface area (Å²) in [6.45, 7) is 16.8. The Morgan fingerprint density at radius 2 is 1.96 bits per heavy atom. The molecule has 4 aliphatic rings. The maximum absolute atomic E-state index is 4.32. The molecule has 24 heavy (non-hydrogen) atoms. The van der Waals surface area contributed by atoms with Crippen LogP contribution in [0.2, 0.25) is 0 Å². The second kappa shape index (κ2) is 5.23. The molecule has 0 aromatic carbocycles. The van der Waals surface area contributed by atoms with Crippen molar-refractivity contribution >= 4 is 0 Å². The van der Waals surface area contributed by atoms with Crippen molar-refractivity contribution in [1.82, 2.24) is 0 Å². The Hall–Kier alpha value is -1.04. The number of rotatable bonds is 1.